The first-order chi connectivity index (χ1) is 15.3. The Morgan fingerprint density at radius 3 is 2.22 bits per heavy atom. The van der Waals surface area contributed by atoms with Gasteiger partial charge in [0.25, 0.3) is 15.9 Å². The van der Waals surface area contributed by atoms with Gasteiger partial charge in [-0.05, 0) is 67.9 Å². The van der Waals surface area contributed by atoms with Crippen molar-refractivity contribution < 1.29 is 17.9 Å². The molecule has 8 heteroatoms. The predicted molar refractivity (Wildman–Crippen MR) is 127 cm³/mol. The normalized spacial score (nSPS) is 12.1. The largest absolute Gasteiger partial charge is 0.484 e. The maximum atomic E-state index is 12.9. The Hall–Kier alpha value is -3.03. The van der Waals surface area contributed by atoms with Crippen LogP contribution >= 0.6 is 11.6 Å². The van der Waals surface area contributed by atoms with Crippen LogP contribution in [0.2, 0.25) is 5.02 Å². The molecule has 3 aromatic rings. The summed E-state index contributed by atoms with van der Waals surface area (Å²) in [4.78, 5) is 12.5. The van der Waals surface area contributed by atoms with Crippen molar-refractivity contribution in [2.45, 2.75) is 24.8 Å². The second kappa shape index (κ2) is 10.5. The number of nitrogens with zero attached hydrogens (tertiary/aromatic N) is 1. The van der Waals surface area contributed by atoms with Crippen LogP contribution in [0, 0.1) is 0 Å². The molecule has 0 unspecified atom stereocenters. The zero-order valence-electron chi connectivity index (χ0n) is 17.9. The maximum Gasteiger partial charge on any atom is 0.264 e. The van der Waals surface area contributed by atoms with Crippen LogP contribution in [0.5, 0.6) is 5.75 Å². The first-order valence-corrected chi connectivity index (χ1v) is 12.0. The van der Waals surface area contributed by atoms with Crippen LogP contribution in [-0.2, 0) is 14.8 Å². The molecule has 0 radical (unpaired) electrons. The zero-order valence-corrected chi connectivity index (χ0v) is 19.4. The molecule has 0 aliphatic carbocycles. The minimum Gasteiger partial charge on any atom is -0.484 e. The lowest BCUT2D eigenvalue weighted by Gasteiger charge is -2.23. The fraction of sp³-hybridized carbons (Fsp3) is 0.208. The van der Waals surface area contributed by atoms with Gasteiger partial charge in [-0.2, -0.15) is 0 Å². The van der Waals surface area contributed by atoms with E-state index >= 15 is 0 Å². The number of rotatable bonds is 9. The standard InChI is InChI=1S/C24H25ClN2O4S/c1-3-27(32(29,30)23-7-5-4-6-8-23)21-13-15-22(16-14-21)31-17-24(28)26-18(2)19-9-11-20(25)12-10-19/h4-16,18H,3,17H2,1-2H3,(H,26,28)/t18-/m0/s1. The number of hydrogen-bond donors (Lipinski definition) is 1. The summed E-state index contributed by atoms with van der Waals surface area (Å²) in [6.07, 6.45) is 0. The minimum absolute atomic E-state index is 0.156. The number of sulfonamides is 1. The van der Waals surface area contributed by atoms with Crippen LogP contribution in [0.1, 0.15) is 25.5 Å². The van der Waals surface area contributed by atoms with Crippen LogP contribution in [-0.4, -0.2) is 27.5 Å². The van der Waals surface area contributed by atoms with Gasteiger partial charge in [-0.25, -0.2) is 8.42 Å². The molecule has 0 saturated carbocycles. The Balaban J connectivity index is 1.60. The molecule has 0 aliphatic heterocycles. The summed E-state index contributed by atoms with van der Waals surface area (Å²) in [5.74, 6) is 0.203. The molecule has 1 atom stereocenters. The van der Waals surface area contributed by atoms with E-state index in [-0.39, 0.29) is 30.0 Å². The number of amides is 1. The van der Waals surface area contributed by atoms with E-state index in [9.17, 15) is 13.2 Å². The molecule has 0 bridgehead atoms. The number of hydrogen-bond acceptors (Lipinski definition) is 4. The van der Waals surface area contributed by atoms with E-state index in [2.05, 4.69) is 5.32 Å². The molecule has 3 rings (SSSR count). The van der Waals surface area contributed by atoms with E-state index in [1.54, 1.807) is 73.7 Å². The van der Waals surface area contributed by atoms with E-state index in [0.29, 0.717) is 16.5 Å². The SMILES string of the molecule is CCN(c1ccc(OCC(=O)N[C@@H](C)c2ccc(Cl)cc2)cc1)S(=O)(=O)c1ccccc1. The molecule has 6 nitrogen and oxygen atoms in total. The molecular formula is C24H25ClN2O4S. The van der Waals surface area contributed by atoms with Crippen LogP contribution in [0.25, 0.3) is 0 Å². The van der Waals surface area contributed by atoms with Crippen molar-refractivity contribution in [3.8, 4) is 5.75 Å². The summed E-state index contributed by atoms with van der Waals surface area (Å²) in [6, 6.07) is 22.0. The summed E-state index contributed by atoms with van der Waals surface area (Å²) in [7, 11) is -3.67. The van der Waals surface area contributed by atoms with Crippen molar-refractivity contribution in [2.24, 2.45) is 0 Å². The molecule has 0 saturated heterocycles. The number of halogens is 1. The summed E-state index contributed by atoms with van der Waals surface area (Å²) < 4.78 is 32.8. The minimum atomic E-state index is -3.67. The maximum absolute atomic E-state index is 12.9. The van der Waals surface area contributed by atoms with Gasteiger partial charge in [-0.1, -0.05) is 41.9 Å². The molecule has 0 fully saturated rings. The third-order valence-corrected chi connectivity index (χ3v) is 7.03. The third-order valence-electron chi connectivity index (χ3n) is 4.86. The monoisotopic (exact) mass is 472 g/mol. The highest BCUT2D eigenvalue weighted by Gasteiger charge is 2.23. The summed E-state index contributed by atoms with van der Waals surface area (Å²) in [6.45, 7) is 3.78. The number of nitrogens with one attached hydrogen (secondary N) is 1. The van der Waals surface area contributed by atoms with Gasteiger partial charge in [0, 0.05) is 11.6 Å². The molecule has 0 heterocycles. The molecule has 1 N–H and O–H groups in total. The predicted octanol–water partition coefficient (Wildman–Crippen LogP) is 4.81. The Bertz CT molecular complexity index is 1130. The Labute approximate surface area is 193 Å². The highest BCUT2D eigenvalue weighted by Crippen LogP contribution is 2.25. The summed E-state index contributed by atoms with van der Waals surface area (Å²) in [5, 5.41) is 3.50. The second-order valence-electron chi connectivity index (χ2n) is 7.11. The van der Waals surface area contributed by atoms with E-state index in [0.717, 1.165) is 5.56 Å². The van der Waals surface area contributed by atoms with Gasteiger partial charge in [-0.3, -0.25) is 9.10 Å². The molecule has 32 heavy (non-hydrogen) atoms. The summed E-state index contributed by atoms with van der Waals surface area (Å²) in [5.41, 5.74) is 1.45. The Morgan fingerprint density at radius 2 is 1.62 bits per heavy atom. The van der Waals surface area contributed by atoms with Gasteiger partial charge < -0.3 is 10.1 Å². The van der Waals surface area contributed by atoms with Gasteiger partial charge in [-0.15, -0.1) is 0 Å². The number of carbonyl (C=O) groups is 1. The van der Waals surface area contributed by atoms with Crippen LogP contribution in [0.4, 0.5) is 5.69 Å². The quantitative estimate of drug-likeness (QED) is 0.484. The highest BCUT2D eigenvalue weighted by atomic mass is 35.5. The fourth-order valence-electron chi connectivity index (χ4n) is 3.19. The Morgan fingerprint density at radius 1 is 1.00 bits per heavy atom. The van der Waals surface area contributed by atoms with Crippen molar-refractivity contribution in [1.29, 1.82) is 0 Å². The van der Waals surface area contributed by atoms with Crippen LogP contribution < -0.4 is 14.4 Å². The average Bonchev–Trinajstić information content (AvgIpc) is 2.80. The van der Waals surface area contributed by atoms with E-state index in [1.165, 1.54) is 4.31 Å². The van der Waals surface area contributed by atoms with Crippen molar-refractivity contribution in [1.82, 2.24) is 5.32 Å². The van der Waals surface area contributed by atoms with E-state index in [1.807, 2.05) is 19.1 Å². The van der Waals surface area contributed by atoms with Gasteiger partial charge in [0.05, 0.1) is 16.6 Å². The lowest BCUT2D eigenvalue weighted by molar-refractivity contribution is -0.123. The van der Waals surface area contributed by atoms with Crippen molar-refractivity contribution >= 4 is 33.2 Å². The number of carbonyl (C=O) groups excluding carboxylic acids is 1. The van der Waals surface area contributed by atoms with Crippen molar-refractivity contribution in [2.75, 3.05) is 17.5 Å². The van der Waals surface area contributed by atoms with E-state index < -0.39 is 10.0 Å². The molecule has 0 aliphatic rings. The number of ether oxygens (including phenoxy) is 1. The summed E-state index contributed by atoms with van der Waals surface area (Å²) >= 11 is 5.89. The zero-order chi connectivity index (χ0) is 23.1. The average molecular weight is 473 g/mol. The third kappa shape index (κ3) is 5.81. The molecule has 0 aromatic heterocycles. The van der Waals surface area contributed by atoms with Crippen molar-refractivity contribution in [3.63, 3.8) is 0 Å². The lowest BCUT2D eigenvalue weighted by Crippen LogP contribution is -2.31. The highest BCUT2D eigenvalue weighted by molar-refractivity contribution is 7.92. The van der Waals surface area contributed by atoms with Crippen LogP contribution in [0.3, 0.4) is 0 Å². The topological polar surface area (TPSA) is 75.7 Å². The number of benzene rings is 3. The second-order valence-corrected chi connectivity index (χ2v) is 9.40. The molecule has 168 valence electrons. The van der Waals surface area contributed by atoms with Gasteiger partial charge >= 0.3 is 0 Å². The Kier molecular flexibility index (Phi) is 7.77. The van der Waals surface area contributed by atoms with Crippen molar-refractivity contribution in [3.05, 3.63) is 89.4 Å². The smallest absolute Gasteiger partial charge is 0.264 e. The van der Waals surface area contributed by atoms with Gasteiger partial charge in [0.1, 0.15) is 5.75 Å². The first kappa shape index (κ1) is 23.6. The molecule has 3 aromatic carbocycles. The molecular weight excluding hydrogens is 448 g/mol. The van der Waals surface area contributed by atoms with Crippen LogP contribution in [0.15, 0.2) is 83.8 Å². The molecule has 1 amide bonds. The lowest BCUT2D eigenvalue weighted by atomic mass is 10.1. The first-order valence-electron chi connectivity index (χ1n) is 10.2. The van der Waals surface area contributed by atoms with Gasteiger partial charge in [0.2, 0.25) is 0 Å². The van der Waals surface area contributed by atoms with Gasteiger partial charge in [0.15, 0.2) is 6.61 Å². The molecule has 0 spiro atoms. The fourth-order valence-corrected chi connectivity index (χ4v) is 4.81. The number of anilines is 1. The van der Waals surface area contributed by atoms with E-state index in [4.69, 9.17) is 16.3 Å².